The molecule has 5 heteroatoms. The molecule has 0 aromatic rings. The molecule has 1 amide bonds. The molecule has 1 heterocycles. The van der Waals surface area contributed by atoms with E-state index in [0.29, 0.717) is 6.54 Å². The van der Waals surface area contributed by atoms with Gasteiger partial charge in [0.25, 0.3) is 0 Å². The van der Waals surface area contributed by atoms with E-state index in [1.165, 1.54) is 0 Å². The van der Waals surface area contributed by atoms with E-state index < -0.39 is 0 Å². The number of nitrogens with one attached hydrogen (secondary N) is 1. The van der Waals surface area contributed by atoms with Gasteiger partial charge in [-0.05, 0) is 38.0 Å². The van der Waals surface area contributed by atoms with Crippen LogP contribution in [-0.4, -0.2) is 32.2 Å². The Bertz CT molecular complexity index is 275. The van der Waals surface area contributed by atoms with Gasteiger partial charge in [-0.3, -0.25) is 4.79 Å². The van der Waals surface area contributed by atoms with Crippen LogP contribution in [0.5, 0.6) is 0 Å². The fourth-order valence-corrected chi connectivity index (χ4v) is 3.19. The molecule has 3 N–H and O–H groups in total. The van der Waals surface area contributed by atoms with Gasteiger partial charge in [-0.1, -0.05) is 12.8 Å². The molecule has 2 rings (SSSR count). The Kier molecular flexibility index (Phi) is 7.11. The summed E-state index contributed by atoms with van der Waals surface area (Å²) in [6.45, 7) is 3.05. The van der Waals surface area contributed by atoms with E-state index in [9.17, 15) is 4.79 Å². The van der Waals surface area contributed by atoms with Crippen molar-refractivity contribution in [2.75, 3.05) is 26.3 Å². The van der Waals surface area contributed by atoms with Crippen LogP contribution in [0.4, 0.5) is 0 Å². The molecule has 0 bridgehead atoms. The summed E-state index contributed by atoms with van der Waals surface area (Å²) in [7, 11) is 0. The zero-order chi connectivity index (χ0) is 12.8. The standard InChI is InChI=1S/C14H26N2O2.ClH/c15-11-14(6-1-2-7-14)13(17)16-8-3-12-4-9-18-10-5-12;/h12H,1-11,15H2,(H,16,17);1H. The highest BCUT2D eigenvalue weighted by molar-refractivity contribution is 5.85. The van der Waals surface area contributed by atoms with E-state index >= 15 is 0 Å². The third kappa shape index (κ3) is 4.33. The Morgan fingerprint density at radius 3 is 2.47 bits per heavy atom. The zero-order valence-electron chi connectivity index (χ0n) is 11.7. The zero-order valence-corrected chi connectivity index (χ0v) is 12.5. The van der Waals surface area contributed by atoms with Crippen molar-refractivity contribution in [2.45, 2.75) is 44.9 Å². The van der Waals surface area contributed by atoms with Gasteiger partial charge in [0.2, 0.25) is 5.91 Å². The molecule has 0 spiro atoms. The molecule has 0 radical (unpaired) electrons. The Labute approximate surface area is 122 Å². The van der Waals surface area contributed by atoms with Crippen LogP contribution in [0.15, 0.2) is 0 Å². The highest BCUT2D eigenvalue weighted by atomic mass is 35.5. The average Bonchev–Trinajstić information content (AvgIpc) is 2.90. The molecule has 1 aliphatic carbocycles. The van der Waals surface area contributed by atoms with Crippen LogP contribution >= 0.6 is 12.4 Å². The van der Waals surface area contributed by atoms with Gasteiger partial charge in [0.15, 0.2) is 0 Å². The summed E-state index contributed by atoms with van der Waals surface area (Å²) in [4.78, 5) is 12.2. The lowest BCUT2D eigenvalue weighted by molar-refractivity contribution is -0.130. The highest BCUT2D eigenvalue weighted by Gasteiger charge is 2.39. The Balaban J connectivity index is 0.00000180. The Morgan fingerprint density at radius 1 is 1.26 bits per heavy atom. The molecule has 2 aliphatic rings. The summed E-state index contributed by atoms with van der Waals surface area (Å²) < 4.78 is 5.34. The van der Waals surface area contributed by atoms with Gasteiger partial charge < -0.3 is 15.8 Å². The number of nitrogens with two attached hydrogens (primary N) is 1. The molecule has 0 aromatic carbocycles. The number of halogens is 1. The van der Waals surface area contributed by atoms with Gasteiger partial charge in [-0.2, -0.15) is 0 Å². The van der Waals surface area contributed by atoms with Crippen molar-refractivity contribution < 1.29 is 9.53 Å². The second-order valence-electron chi connectivity index (χ2n) is 5.79. The summed E-state index contributed by atoms with van der Waals surface area (Å²) in [6.07, 6.45) is 7.57. The maximum atomic E-state index is 12.2. The van der Waals surface area contributed by atoms with Gasteiger partial charge in [0, 0.05) is 26.3 Å². The predicted molar refractivity (Wildman–Crippen MR) is 78.4 cm³/mol. The molecule has 4 nitrogen and oxygen atoms in total. The van der Waals surface area contributed by atoms with Crippen molar-refractivity contribution in [1.82, 2.24) is 5.32 Å². The Morgan fingerprint density at radius 2 is 1.89 bits per heavy atom. The summed E-state index contributed by atoms with van der Waals surface area (Å²) >= 11 is 0. The van der Waals surface area contributed by atoms with Gasteiger partial charge in [-0.15, -0.1) is 12.4 Å². The van der Waals surface area contributed by atoms with Crippen LogP contribution in [0.25, 0.3) is 0 Å². The minimum atomic E-state index is -0.254. The van der Waals surface area contributed by atoms with Crippen LogP contribution in [0.3, 0.4) is 0 Å². The minimum Gasteiger partial charge on any atom is -0.381 e. The lowest BCUT2D eigenvalue weighted by atomic mass is 9.85. The van der Waals surface area contributed by atoms with Gasteiger partial charge in [-0.25, -0.2) is 0 Å². The molecular formula is C14H27ClN2O2. The van der Waals surface area contributed by atoms with Gasteiger partial charge >= 0.3 is 0 Å². The van der Waals surface area contributed by atoms with E-state index in [1.54, 1.807) is 0 Å². The Hall–Kier alpha value is -0.320. The van der Waals surface area contributed by atoms with Crippen molar-refractivity contribution in [3.63, 3.8) is 0 Å². The number of hydrogen-bond acceptors (Lipinski definition) is 3. The lowest BCUT2D eigenvalue weighted by Crippen LogP contribution is -2.44. The summed E-state index contributed by atoms with van der Waals surface area (Å²) in [5, 5.41) is 3.10. The number of amides is 1. The minimum absolute atomic E-state index is 0. The van der Waals surface area contributed by atoms with Crippen molar-refractivity contribution in [3.8, 4) is 0 Å². The average molecular weight is 291 g/mol. The quantitative estimate of drug-likeness (QED) is 0.812. The van der Waals surface area contributed by atoms with E-state index in [4.69, 9.17) is 10.5 Å². The number of carbonyl (C=O) groups excluding carboxylic acids is 1. The van der Waals surface area contributed by atoms with Crippen molar-refractivity contribution >= 4 is 18.3 Å². The molecule has 0 aromatic heterocycles. The maximum Gasteiger partial charge on any atom is 0.227 e. The highest BCUT2D eigenvalue weighted by Crippen LogP contribution is 2.37. The predicted octanol–water partition coefficient (Wildman–Crippen LogP) is 1.86. The van der Waals surface area contributed by atoms with Crippen molar-refractivity contribution in [1.29, 1.82) is 0 Å². The first-order chi connectivity index (χ1) is 8.77. The van der Waals surface area contributed by atoms with E-state index in [2.05, 4.69) is 5.32 Å². The third-order valence-electron chi connectivity index (χ3n) is 4.61. The topological polar surface area (TPSA) is 64.4 Å². The van der Waals surface area contributed by atoms with Crippen LogP contribution in [0, 0.1) is 11.3 Å². The second-order valence-corrected chi connectivity index (χ2v) is 5.79. The molecule has 1 saturated carbocycles. The van der Waals surface area contributed by atoms with Gasteiger partial charge in [0.1, 0.15) is 0 Å². The number of carbonyl (C=O) groups is 1. The van der Waals surface area contributed by atoms with Crippen LogP contribution in [0.1, 0.15) is 44.9 Å². The first kappa shape index (κ1) is 16.7. The summed E-state index contributed by atoms with van der Waals surface area (Å²) in [5.41, 5.74) is 5.55. The number of rotatable bonds is 5. The fourth-order valence-electron chi connectivity index (χ4n) is 3.19. The molecular weight excluding hydrogens is 264 g/mol. The van der Waals surface area contributed by atoms with Crippen molar-refractivity contribution in [2.24, 2.45) is 17.1 Å². The second kappa shape index (κ2) is 8.08. The summed E-state index contributed by atoms with van der Waals surface area (Å²) in [6, 6.07) is 0. The number of hydrogen-bond donors (Lipinski definition) is 2. The van der Waals surface area contributed by atoms with Gasteiger partial charge in [0.05, 0.1) is 5.41 Å². The lowest BCUT2D eigenvalue weighted by Gasteiger charge is -2.27. The van der Waals surface area contributed by atoms with Crippen LogP contribution in [-0.2, 0) is 9.53 Å². The molecule has 0 atom stereocenters. The number of ether oxygens (including phenoxy) is 1. The van der Waals surface area contributed by atoms with E-state index in [1.807, 2.05) is 0 Å². The van der Waals surface area contributed by atoms with Crippen LogP contribution < -0.4 is 11.1 Å². The summed E-state index contributed by atoms with van der Waals surface area (Å²) in [5.74, 6) is 0.908. The molecule has 1 aliphatic heterocycles. The third-order valence-corrected chi connectivity index (χ3v) is 4.61. The van der Waals surface area contributed by atoms with E-state index in [0.717, 1.165) is 70.6 Å². The smallest absolute Gasteiger partial charge is 0.227 e. The monoisotopic (exact) mass is 290 g/mol. The molecule has 1 saturated heterocycles. The normalized spacial score (nSPS) is 22.8. The molecule has 19 heavy (non-hydrogen) atoms. The first-order valence-electron chi connectivity index (χ1n) is 7.33. The SMILES string of the molecule is Cl.NCC1(C(=O)NCCC2CCOCC2)CCCC1. The molecule has 2 fully saturated rings. The maximum absolute atomic E-state index is 12.2. The molecule has 112 valence electrons. The van der Waals surface area contributed by atoms with E-state index in [-0.39, 0.29) is 23.7 Å². The first-order valence-corrected chi connectivity index (χ1v) is 7.33. The fraction of sp³-hybridized carbons (Fsp3) is 0.929. The van der Waals surface area contributed by atoms with Crippen molar-refractivity contribution in [3.05, 3.63) is 0 Å². The largest absolute Gasteiger partial charge is 0.381 e. The van der Waals surface area contributed by atoms with Crippen LogP contribution in [0.2, 0.25) is 0 Å². The molecule has 0 unspecified atom stereocenters.